The largest absolute Gasteiger partial charge is 0.383 e. The second-order valence-corrected chi connectivity index (χ2v) is 5.26. The molecule has 0 bridgehead atoms. The van der Waals surface area contributed by atoms with Crippen molar-refractivity contribution in [3.05, 3.63) is 18.2 Å². The molecule has 1 heterocycles. The van der Waals surface area contributed by atoms with Crippen LogP contribution in [0.4, 0.5) is 0 Å². The number of aromatic nitrogens is 2. The lowest BCUT2D eigenvalue weighted by Crippen LogP contribution is -2.22. The quantitative estimate of drug-likeness (QED) is 0.729. The highest BCUT2D eigenvalue weighted by Gasteiger charge is 2.41. The fraction of sp³-hybridized carbons (Fsp3) is 0.769. The summed E-state index contributed by atoms with van der Waals surface area (Å²) in [5.74, 6) is 1.55. The van der Waals surface area contributed by atoms with Gasteiger partial charge in [0.25, 0.3) is 0 Å². The molecule has 0 radical (unpaired) electrons. The van der Waals surface area contributed by atoms with E-state index in [0.29, 0.717) is 0 Å². The van der Waals surface area contributed by atoms with E-state index in [9.17, 15) is 0 Å². The molecule has 3 rings (SSSR count). The normalized spacial score (nSPS) is 27.4. The predicted octanol–water partition coefficient (Wildman–Crippen LogP) is 1.56. The van der Waals surface area contributed by atoms with E-state index >= 15 is 0 Å². The van der Waals surface area contributed by atoms with Gasteiger partial charge in [-0.25, -0.2) is 4.98 Å². The van der Waals surface area contributed by atoms with Gasteiger partial charge in [0.1, 0.15) is 0 Å². The van der Waals surface area contributed by atoms with Crippen LogP contribution in [0.15, 0.2) is 12.5 Å². The van der Waals surface area contributed by atoms with Crippen LogP contribution in [0.1, 0.15) is 36.9 Å². The van der Waals surface area contributed by atoms with E-state index in [0.717, 1.165) is 37.6 Å². The summed E-state index contributed by atoms with van der Waals surface area (Å²) in [4.78, 5) is 4.31. The van der Waals surface area contributed by atoms with Gasteiger partial charge in [0.05, 0.1) is 12.9 Å². The van der Waals surface area contributed by atoms with Crippen LogP contribution in [0.2, 0.25) is 0 Å². The van der Waals surface area contributed by atoms with E-state index in [4.69, 9.17) is 4.74 Å². The van der Waals surface area contributed by atoms with Crippen molar-refractivity contribution >= 4 is 0 Å². The van der Waals surface area contributed by atoms with Gasteiger partial charge in [-0.15, -0.1) is 0 Å². The SMILES string of the molecule is COCCNCC1CC1c1cncn1C1CC1. The molecule has 1 aromatic rings. The molecule has 1 aromatic heterocycles. The highest BCUT2D eigenvalue weighted by molar-refractivity contribution is 5.18. The minimum absolute atomic E-state index is 0.744. The molecule has 2 atom stereocenters. The van der Waals surface area contributed by atoms with Crippen molar-refractivity contribution in [1.82, 2.24) is 14.9 Å². The molecule has 4 nitrogen and oxygen atoms in total. The Morgan fingerprint density at radius 2 is 2.41 bits per heavy atom. The summed E-state index contributed by atoms with van der Waals surface area (Å²) in [6, 6.07) is 0.759. The molecule has 2 saturated carbocycles. The van der Waals surface area contributed by atoms with E-state index in [2.05, 4.69) is 21.1 Å². The highest BCUT2D eigenvalue weighted by Crippen LogP contribution is 2.49. The van der Waals surface area contributed by atoms with Gasteiger partial charge >= 0.3 is 0 Å². The van der Waals surface area contributed by atoms with E-state index in [1.807, 2.05) is 6.33 Å². The lowest BCUT2D eigenvalue weighted by atomic mass is 10.2. The maximum Gasteiger partial charge on any atom is 0.0950 e. The zero-order valence-corrected chi connectivity index (χ0v) is 10.4. The molecule has 0 amide bonds. The van der Waals surface area contributed by atoms with Gasteiger partial charge in [-0.05, 0) is 31.7 Å². The average Bonchev–Trinajstić information content (AvgIpc) is 3.26. The first-order chi connectivity index (χ1) is 8.40. The first kappa shape index (κ1) is 11.2. The third kappa shape index (κ3) is 2.53. The number of rotatable bonds is 7. The third-order valence-corrected chi connectivity index (χ3v) is 3.83. The van der Waals surface area contributed by atoms with Crippen molar-refractivity contribution in [3.63, 3.8) is 0 Å². The zero-order valence-electron chi connectivity index (χ0n) is 10.4. The lowest BCUT2D eigenvalue weighted by Gasteiger charge is -2.06. The van der Waals surface area contributed by atoms with Gasteiger partial charge in [0, 0.05) is 37.5 Å². The van der Waals surface area contributed by atoms with E-state index in [-0.39, 0.29) is 0 Å². The number of imidazole rings is 1. The van der Waals surface area contributed by atoms with E-state index in [1.165, 1.54) is 25.0 Å². The monoisotopic (exact) mass is 235 g/mol. The van der Waals surface area contributed by atoms with Crippen LogP contribution in [0, 0.1) is 5.92 Å². The van der Waals surface area contributed by atoms with Crippen molar-refractivity contribution in [1.29, 1.82) is 0 Å². The molecule has 2 unspecified atom stereocenters. The van der Waals surface area contributed by atoms with Gasteiger partial charge in [0.2, 0.25) is 0 Å². The fourth-order valence-corrected chi connectivity index (χ4v) is 2.56. The Bertz CT molecular complexity index is 372. The Balaban J connectivity index is 1.48. The van der Waals surface area contributed by atoms with E-state index < -0.39 is 0 Å². The van der Waals surface area contributed by atoms with E-state index in [1.54, 1.807) is 7.11 Å². The van der Waals surface area contributed by atoms with Crippen LogP contribution < -0.4 is 5.32 Å². The number of hydrogen-bond donors (Lipinski definition) is 1. The molecule has 4 heteroatoms. The Morgan fingerprint density at radius 3 is 3.18 bits per heavy atom. The molecular formula is C13H21N3O. The van der Waals surface area contributed by atoms with Gasteiger partial charge in [-0.1, -0.05) is 0 Å². The van der Waals surface area contributed by atoms with Crippen molar-refractivity contribution in [3.8, 4) is 0 Å². The van der Waals surface area contributed by atoms with Crippen molar-refractivity contribution in [2.24, 2.45) is 5.92 Å². The maximum absolute atomic E-state index is 5.03. The molecule has 0 aliphatic heterocycles. The number of ether oxygens (including phenoxy) is 1. The van der Waals surface area contributed by atoms with Gasteiger partial charge < -0.3 is 14.6 Å². The molecule has 2 fully saturated rings. The molecule has 0 spiro atoms. The van der Waals surface area contributed by atoms with Crippen LogP contribution in [0.3, 0.4) is 0 Å². The molecule has 2 aliphatic carbocycles. The van der Waals surface area contributed by atoms with Crippen molar-refractivity contribution in [2.75, 3.05) is 26.8 Å². The minimum atomic E-state index is 0.744. The van der Waals surface area contributed by atoms with Gasteiger partial charge in [0.15, 0.2) is 0 Å². The smallest absolute Gasteiger partial charge is 0.0950 e. The summed E-state index contributed by atoms with van der Waals surface area (Å²) in [6.45, 7) is 2.88. The predicted molar refractivity (Wildman–Crippen MR) is 66.1 cm³/mol. The highest BCUT2D eigenvalue weighted by atomic mass is 16.5. The minimum Gasteiger partial charge on any atom is -0.383 e. The summed E-state index contributed by atoms with van der Waals surface area (Å²) in [5, 5.41) is 3.45. The van der Waals surface area contributed by atoms with Crippen LogP contribution in [0.25, 0.3) is 0 Å². The number of nitrogens with one attached hydrogen (secondary N) is 1. The number of hydrogen-bond acceptors (Lipinski definition) is 3. The molecule has 0 aromatic carbocycles. The van der Waals surface area contributed by atoms with Crippen LogP contribution in [-0.4, -0.2) is 36.4 Å². The average molecular weight is 235 g/mol. The standard InChI is InChI=1S/C13H21N3O/c1-17-5-4-14-7-10-6-12(10)13-8-15-9-16(13)11-2-3-11/h8-12,14H,2-7H2,1H3. The second kappa shape index (κ2) is 4.78. The molecular weight excluding hydrogens is 214 g/mol. The van der Waals surface area contributed by atoms with Gasteiger partial charge in [-0.3, -0.25) is 0 Å². The van der Waals surface area contributed by atoms with Crippen molar-refractivity contribution < 1.29 is 4.74 Å². The summed E-state index contributed by atoms with van der Waals surface area (Å²) in [6.07, 6.45) is 8.08. The Kier molecular flexibility index (Phi) is 3.16. The molecule has 17 heavy (non-hydrogen) atoms. The first-order valence-corrected chi connectivity index (χ1v) is 6.61. The lowest BCUT2D eigenvalue weighted by molar-refractivity contribution is 0.199. The summed E-state index contributed by atoms with van der Waals surface area (Å²) in [5.41, 5.74) is 1.46. The first-order valence-electron chi connectivity index (χ1n) is 6.61. The molecule has 1 N–H and O–H groups in total. The number of nitrogens with zero attached hydrogens (tertiary/aromatic N) is 2. The van der Waals surface area contributed by atoms with Crippen LogP contribution >= 0.6 is 0 Å². The molecule has 94 valence electrons. The maximum atomic E-state index is 5.03. The number of methoxy groups -OCH3 is 1. The Hall–Kier alpha value is -0.870. The zero-order chi connectivity index (χ0) is 11.7. The summed E-state index contributed by atoms with van der Waals surface area (Å²) < 4.78 is 7.43. The molecule has 0 saturated heterocycles. The van der Waals surface area contributed by atoms with Gasteiger partial charge in [-0.2, -0.15) is 0 Å². The van der Waals surface area contributed by atoms with Crippen molar-refractivity contribution in [2.45, 2.75) is 31.2 Å². The molecule has 2 aliphatic rings. The Labute approximate surface area is 102 Å². The second-order valence-electron chi connectivity index (χ2n) is 5.26. The fourth-order valence-electron chi connectivity index (χ4n) is 2.56. The van der Waals surface area contributed by atoms with Crippen LogP contribution in [-0.2, 0) is 4.74 Å². The summed E-state index contributed by atoms with van der Waals surface area (Å²) >= 11 is 0. The third-order valence-electron chi connectivity index (χ3n) is 3.83. The summed E-state index contributed by atoms with van der Waals surface area (Å²) in [7, 11) is 1.75. The Morgan fingerprint density at radius 1 is 1.53 bits per heavy atom. The van der Waals surface area contributed by atoms with Crippen LogP contribution in [0.5, 0.6) is 0 Å². The topological polar surface area (TPSA) is 39.1 Å².